The molecule has 0 bridgehead atoms. The number of nitrogens with zero attached hydrogens (tertiary/aromatic N) is 2. The number of benzene rings is 1. The van der Waals surface area contributed by atoms with E-state index in [0.29, 0.717) is 4.80 Å². The second-order valence-corrected chi connectivity index (χ2v) is 9.37. The van der Waals surface area contributed by atoms with Crippen LogP contribution in [-0.2, 0) is 23.0 Å². The van der Waals surface area contributed by atoms with Crippen molar-refractivity contribution in [2.24, 2.45) is 4.40 Å². The fraction of sp³-hybridized carbons (Fsp3) is 0.278. The maximum absolute atomic E-state index is 12.5. The molecule has 3 rings (SSSR count). The third kappa shape index (κ3) is 3.87. The van der Waals surface area contributed by atoms with Gasteiger partial charge in [-0.3, -0.25) is 0 Å². The highest BCUT2D eigenvalue weighted by Gasteiger charge is 2.15. The molecule has 0 atom stereocenters. The van der Waals surface area contributed by atoms with Gasteiger partial charge < -0.3 is 4.57 Å². The van der Waals surface area contributed by atoms with Crippen LogP contribution < -0.4 is 4.80 Å². The van der Waals surface area contributed by atoms with Crippen LogP contribution in [0, 0.1) is 12.3 Å². The molecule has 0 unspecified atom stereocenters. The van der Waals surface area contributed by atoms with E-state index in [1.165, 1.54) is 16.9 Å². The largest absolute Gasteiger partial charge is 0.304 e. The number of fused-ring (bicyclic) bond motifs is 1. The van der Waals surface area contributed by atoms with Gasteiger partial charge >= 0.3 is 0 Å². The second-order valence-electron chi connectivity index (χ2n) is 5.58. The normalized spacial score (nSPS) is 12.6. The average Bonchev–Trinajstić information content (AvgIpc) is 3.22. The van der Waals surface area contributed by atoms with E-state index in [0.717, 1.165) is 40.8 Å². The Morgan fingerprint density at radius 1 is 1.32 bits per heavy atom. The Balaban J connectivity index is 2.15. The molecule has 7 heteroatoms. The molecule has 2 aromatic heterocycles. The molecule has 0 amide bonds. The number of thiophene rings is 1. The van der Waals surface area contributed by atoms with Gasteiger partial charge in [0.25, 0.3) is 10.0 Å². The van der Waals surface area contributed by atoms with E-state index < -0.39 is 10.0 Å². The third-order valence-electron chi connectivity index (χ3n) is 3.76. The van der Waals surface area contributed by atoms with Crippen molar-refractivity contribution in [1.29, 1.82) is 0 Å². The molecule has 0 aliphatic carbocycles. The predicted molar refractivity (Wildman–Crippen MR) is 104 cm³/mol. The van der Waals surface area contributed by atoms with Crippen molar-refractivity contribution >= 4 is 42.9 Å². The Labute approximate surface area is 155 Å². The molecule has 1 aromatic carbocycles. The van der Waals surface area contributed by atoms with E-state index in [2.05, 4.69) is 29.4 Å². The van der Waals surface area contributed by atoms with Crippen LogP contribution in [0.25, 0.3) is 10.2 Å². The molecule has 0 aliphatic rings. The van der Waals surface area contributed by atoms with E-state index in [4.69, 9.17) is 6.42 Å². The lowest BCUT2D eigenvalue weighted by Crippen LogP contribution is -2.16. The molecule has 0 fully saturated rings. The van der Waals surface area contributed by atoms with Crippen LogP contribution in [0.4, 0.5) is 0 Å². The van der Waals surface area contributed by atoms with Crippen LogP contribution in [0.5, 0.6) is 0 Å². The van der Waals surface area contributed by atoms with Gasteiger partial charge in [0.2, 0.25) is 4.80 Å². The summed E-state index contributed by atoms with van der Waals surface area (Å²) in [5.41, 5.74) is 2.17. The maximum atomic E-state index is 12.5. The third-order valence-corrected chi connectivity index (χ3v) is 7.56. The first-order valence-corrected chi connectivity index (χ1v) is 11.1. The minimum Gasteiger partial charge on any atom is -0.304 e. The highest BCUT2D eigenvalue weighted by molar-refractivity contribution is 7.92. The summed E-state index contributed by atoms with van der Waals surface area (Å²) in [5, 5.41) is 1.73. The Morgan fingerprint density at radius 2 is 2.16 bits per heavy atom. The van der Waals surface area contributed by atoms with Crippen LogP contribution in [0.3, 0.4) is 0 Å². The molecule has 0 spiro atoms. The first-order chi connectivity index (χ1) is 12.0. The van der Waals surface area contributed by atoms with Crippen molar-refractivity contribution < 1.29 is 8.42 Å². The molecule has 130 valence electrons. The number of terminal acetylenes is 1. The minimum absolute atomic E-state index is 0.237. The molecule has 0 aliphatic heterocycles. The van der Waals surface area contributed by atoms with Gasteiger partial charge in [-0.05, 0) is 42.0 Å². The first-order valence-electron chi connectivity index (χ1n) is 7.95. The summed E-state index contributed by atoms with van der Waals surface area (Å²) in [6.45, 7) is 2.45. The summed E-state index contributed by atoms with van der Waals surface area (Å²) in [6, 6.07) is 9.46. The Bertz CT molecular complexity index is 1080. The number of rotatable bonds is 6. The van der Waals surface area contributed by atoms with Crippen molar-refractivity contribution in [1.82, 2.24) is 4.57 Å². The van der Waals surface area contributed by atoms with Gasteiger partial charge in [-0.1, -0.05) is 42.7 Å². The first kappa shape index (κ1) is 17.9. The van der Waals surface area contributed by atoms with E-state index in [-0.39, 0.29) is 10.8 Å². The zero-order valence-corrected chi connectivity index (χ0v) is 16.3. The van der Waals surface area contributed by atoms with Gasteiger partial charge in [-0.25, -0.2) is 0 Å². The molecule has 0 N–H and O–H groups in total. The van der Waals surface area contributed by atoms with Gasteiger partial charge in [0.1, 0.15) is 4.21 Å². The maximum Gasteiger partial charge on any atom is 0.294 e. The van der Waals surface area contributed by atoms with Crippen LogP contribution in [0.2, 0.25) is 0 Å². The lowest BCUT2D eigenvalue weighted by molar-refractivity contribution is 0.598. The lowest BCUT2D eigenvalue weighted by Gasteiger charge is -2.02. The molecule has 0 saturated heterocycles. The summed E-state index contributed by atoms with van der Waals surface area (Å²) in [7, 11) is -3.72. The van der Waals surface area contributed by atoms with Gasteiger partial charge in [-0.15, -0.1) is 22.2 Å². The van der Waals surface area contributed by atoms with Crippen molar-refractivity contribution in [2.75, 3.05) is 0 Å². The van der Waals surface area contributed by atoms with Gasteiger partial charge in [-0.2, -0.15) is 8.42 Å². The molecule has 2 heterocycles. The zero-order chi connectivity index (χ0) is 17.9. The highest BCUT2D eigenvalue weighted by atomic mass is 32.2. The Hall–Kier alpha value is -1.88. The number of sulfonamides is 1. The highest BCUT2D eigenvalue weighted by Crippen LogP contribution is 2.22. The molecule has 4 nitrogen and oxygen atoms in total. The predicted octanol–water partition coefficient (Wildman–Crippen LogP) is 4.03. The summed E-state index contributed by atoms with van der Waals surface area (Å²) >= 11 is 2.52. The molecule has 3 aromatic rings. The van der Waals surface area contributed by atoms with E-state index in [1.807, 2.05) is 6.07 Å². The number of hydrogen-bond acceptors (Lipinski definition) is 4. The van der Waals surface area contributed by atoms with E-state index in [1.54, 1.807) is 22.1 Å². The summed E-state index contributed by atoms with van der Waals surface area (Å²) in [6.07, 6.45) is 8.76. The van der Waals surface area contributed by atoms with Crippen molar-refractivity contribution in [3.05, 3.63) is 46.1 Å². The van der Waals surface area contributed by atoms with Crippen molar-refractivity contribution in [2.45, 2.75) is 36.9 Å². The molecule has 25 heavy (non-hydrogen) atoms. The van der Waals surface area contributed by atoms with Crippen LogP contribution in [0.1, 0.15) is 25.3 Å². The number of hydrogen-bond donors (Lipinski definition) is 0. The topological polar surface area (TPSA) is 51.4 Å². The lowest BCUT2D eigenvalue weighted by atomic mass is 10.1. The minimum atomic E-state index is -3.72. The van der Waals surface area contributed by atoms with Crippen LogP contribution in [-0.4, -0.2) is 13.0 Å². The number of aryl methyl sites for hydroxylation is 1. The van der Waals surface area contributed by atoms with Gasteiger partial charge in [0.15, 0.2) is 0 Å². The number of thiazole rings is 1. The monoisotopic (exact) mass is 390 g/mol. The zero-order valence-electron chi connectivity index (χ0n) is 13.8. The SMILES string of the molecule is C#CCn1c(=NS(=O)(=O)c2cccs2)sc2cc(CCCC)ccc21. The fourth-order valence-electron chi connectivity index (χ4n) is 2.53. The van der Waals surface area contributed by atoms with Gasteiger partial charge in [0.05, 0.1) is 16.8 Å². The molecule has 0 radical (unpaired) electrons. The molecule has 0 saturated carbocycles. The van der Waals surface area contributed by atoms with Crippen molar-refractivity contribution in [3.63, 3.8) is 0 Å². The van der Waals surface area contributed by atoms with Crippen molar-refractivity contribution in [3.8, 4) is 12.3 Å². The van der Waals surface area contributed by atoms with Crippen LogP contribution in [0.15, 0.2) is 44.3 Å². The van der Waals surface area contributed by atoms with E-state index in [9.17, 15) is 8.42 Å². The number of aromatic nitrogens is 1. The summed E-state index contributed by atoms with van der Waals surface area (Å²) in [4.78, 5) is 0.411. The Kier molecular flexibility index (Phi) is 5.42. The second kappa shape index (κ2) is 7.56. The van der Waals surface area contributed by atoms with E-state index >= 15 is 0 Å². The molecular formula is C18H18N2O2S3. The Morgan fingerprint density at radius 3 is 2.84 bits per heavy atom. The fourth-order valence-corrected chi connectivity index (χ4v) is 5.79. The average molecular weight is 391 g/mol. The number of unbranched alkanes of at least 4 members (excludes halogenated alkanes) is 1. The standard InChI is InChI=1S/C18H18N2O2S3/c1-3-5-7-14-9-10-15-16(13-14)24-18(20(15)11-4-2)19-25(21,22)17-8-6-12-23-17/h2,6,8-10,12-13H,3,5,7,11H2,1H3. The summed E-state index contributed by atoms with van der Waals surface area (Å²) in [5.74, 6) is 2.59. The quantitative estimate of drug-likeness (QED) is 0.597. The molecular weight excluding hydrogens is 372 g/mol. The summed E-state index contributed by atoms with van der Waals surface area (Å²) < 4.78 is 32.1. The van der Waals surface area contributed by atoms with Crippen LogP contribution >= 0.6 is 22.7 Å². The smallest absolute Gasteiger partial charge is 0.294 e. The van der Waals surface area contributed by atoms with Gasteiger partial charge in [0, 0.05) is 0 Å².